The summed E-state index contributed by atoms with van der Waals surface area (Å²) >= 11 is 0. The SMILES string of the molecule is COc1cccc(OC)c1CN1CCN(C)CC1. The maximum Gasteiger partial charge on any atom is 0.127 e. The molecule has 1 aliphatic rings. The Morgan fingerprint density at radius 1 is 1.00 bits per heavy atom. The summed E-state index contributed by atoms with van der Waals surface area (Å²) in [5.41, 5.74) is 1.15. The third-order valence-corrected chi connectivity index (χ3v) is 3.51. The third kappa shape index (κ3) is 2.94. The molecule has 0 atom stereocenters. The fourth-order valence-corrected chi connectivity index (χ4v) is 2.31. The van der Waals surface area contributed by atoms with E-state index in [9.17, 15) is 0 Å². The van der Waals surface area contributed by atoms with E-state index in [-0.39, 0.29) is 0 Å². The van der Waals surface area contributed by atoms with Crippen molar-refractivity contribution in [3.05, 3.63) is 23.8 Å². The minimum Gasteiger partial charge on any atom is -0.496 e. The van der Waals surface area contributed by atoms with Crippen LogP contribution in [-0.4, -0.2) is 57.2 Å². The van der Waals surface area contributed by atoms with E-state index in [2.05, 4.69) is 16.8 Å². The molecule has 0 aliphatic carbocycles. The largest absolute Gasteiger partial charge is 0.496 e. The number of hydrogen-bond acceptors (Lipinski definition) is 4. The number of likely N-dealkylation sites (N-methyl/N-ethyl adjacent to an activating group) is 1. The van der Waals surface area contributed by atoms with Crippen LogP contribution in [0.5, 0.6) is 11.5 Å². The molecule has 0 radical (unpaired) electrons. The summed E-state index contributed by atoms with van der Waals surface area (Å²) in [6, 6.07) is 5.95. The Bertz CT molecular complexity index is 365. The summed E-state index contributed by atoms with van der Waals surface area (Å²) in [5, 5.41) is 0. The van der Waals surface area contributed by atoms with Gasteiger partial charge in [0.05, 0.1) is 19.8 Å². The number of nitrogens with zero attached hydrogens (tertiary/aromatic N) is 2. The van der Waals surface area contributed by atoms with E-state index in [4.69, 9.17) is 9.47 Å². The van der Waals surface area contributed by atoms with Gasteiger partial charge in [0.1, 0.15) is 11.5 Å². The maximum absolute atomic E-state index is 5.43. The number of ether oxygens (including phenoxy) is 2. The van der Waals surface area contributed by atoms with Crippen molar-refractivity contribution in [1.82, 2.24) is 9.80 Å². The number of rotatable bonds is 4. The second-order valence-electron chi connectivity index (χ2n) is 4.72. The molecule has 0 amide bonds. The first-order valence-electron chi connectivity index (χ1n) is 6.35. The zero-order valence-corrected chi connectivity index (χ0v) is 11.5. The van der Waals surface area contributed by atoms with Crippen molar-refractivity contribution in [1.29, 1.82) is 0 Å². The molecule has 4 heteroatoms. The average molecular weight is 250 g/mol. The van der Waals surface area contributed by atoms with Crippen molar-refractivity contribution in [2.45, 2.75) is 6.54 Å². The van der Waals surface area contributed by atoms with E-state index in [0.717, 1.165) is 49.8 Å². The normalized spacial score (nSPS) is 17.7. The molecule has 1 aromatic rings. The van der Waals surface area contributed by atoms with Crippen molar-refractivity contribution in [2.75, 3.05) is 47.4 Å². The highest BCUT2D eigenvalue weighted by Gasteiger charge is 2.18. The Kier molecular flexibility index (Phi) is 4.44. The molecule has 0 N–H and O–H groups in total. The zero-order valence-electron chi connectivity index (χ0n) is 11.5. The monoisotopic (exact) mass is 250 g/mol. The summed E-state index contributed by atoms with van der Waals surface area (Å²) in [6.45, 7) is 5.32. The molecule has 1 saturated heterocycles. The van der Waals surface area contributed by atoms with E-state index in [1.807, 2.05) is 18.2 Å². The second-order valence-corrected chi connectivity index (χ2v) is 4.72. The molecule has 0 saturated carbocycles. The van der Waals surface area contributed by atoms with Crippen LogP contribution >= 0.6 is 0 Å². The van der Waals surface area contributed by atoms with Crippen LogP contribution < -0.4 is 9.47 Å². The maximum atomic E-state index is 5.43. The van der Waals surface area contributed by atoms with Crippen molar-refractivity contribution < 1.29 is 9.47 Å². The first-order chi connectivity index (χ1) is 8.74. The summed E-state index contributed by atoms with van der Waals surface area (Å²) in [6.07, 6.45) is 0. The van der Waals surface area contributed by atoms with E-state index >= 15 is 0 Å². The Morgan fingerprint density at radius 3 is 2.06 bits per heavy atom. The number of methoxy groups -OCH3 is 2. The van der Waals surface area contributed by atoms with E-state index in [1.54, 1.807) is 14.2 Å². The van der Waals surface area contributed by atoms with Gasteiger partial charge in [0.15, 0.2) is 0 Å². The average Bonchev–Trinajstić information content (AvgIpc) is 2.41. The third-order valence-electron chi connectivity index (χ3n) is 3.51. The molecular weight excluding hydrogens is 228 g/mol. The van der Waals surface area contributed by atoms with Gasteiger partial charge in [-0.3, -0.25) is 4.90 Å². The van der Waals surface area contributed by atoms with Gasteiger partial charge in [0.25, 0.3) is 0 Å². The van der Waals surface area contributed by atoms with Gasteiger partial charge in [0.2, 0.25) is 0 Å². The molecule has 4 nitrogen and oxygen atoms in total. The topological polar surface area (TPSA) is 24.9 Å². The molecular formula is C14H22N2O2. The van der Waals surface area contributed by atoms with E-state index < -0.39 is 0 Å². The molecule has 0 bridgehead atoms. The van der Waals surface area contributed by atoms with Crippen LogP contribution in [0.2, 0.25) is 0 Å². The lowest BCUT2D eigenvalue weighted by atomic mass is 10.1. The first kappa shape index (κ1) is 13.2. The highest BCUT2D eigenvalue weighted by atomic mass is 16.5. The van der Waals surface area contributed by atoms with Crippen molar-refractivity contribution in [3.63, 3.8) is 0 Å². The predicted molar refractivity (Wildman–Crippen MR) is 72.3 cm³/mol. The fourth-order valence-electron chi connectivity index (χ4n) is 2.31. The summed E-state index contributed by atoms with van der Waals surface area (Å²) < 4.78 is 10.9. The Morgan fingerprint density at radius 2 is 1.56 bits per heavy atom. The molecule has 1 heterocycles. The lowest BCUT2D eigenvalue weighted by Crippen LogP contribution is -2.43. The number of benzene rings is 1. The molecule has 18 heavy (non-hydrogen) atoms. The molecule has 0 aromatic heterocycles. The lowest BCUT2D eigenvalue weighted by Gasteiger charge is -2.32. The Balaban J connectivity index is 2.12. The highest BCUT2D eigenvalue weighted by molar-refractivity contribution is 5.44. The van der Waals surface area contributed by atoms with Crippen LogP contribution in [0.3, 0.4) is 0 Å². The van der Waals surface area contributed by atoms with Crippen molar-refractivity contribution >= 4 is 0 Å². The van der Waals surface area contributed by atoms with Gasteiger partial charge in [-0.25, -0.2) is 0 Å². The minimum atomic E-state index is 0.890. The van der Waals surface area contributed by atoms with Gasteiger partial charge in [-0.05, 0) is 19.2 Å². The van der Waals surface area contributed by atoms with E-state index in [1.165, 1.54) is 0 Å². The molecule has 100 valence electrons. The quantitative estimate of drug-likeness (QED) is 0.807. The number of piperazine rings is 1. The molecule has 0 unspecified atom stereocenters. The van der Waals surface area contributed by atoms with Crippen LogP contribution in [0.25, 0.3) is 0 Å². The minimum absolute atomic E-state index is 0.890. The van der Waals surface area contributed by atoms with Gasteiger partial charge < -0.3 is 14.4 Å². The smallest absolute Gasteiger partial charge is 0.127 e. The summed E-state index contributed by atoms with van der Waals surface area (Å²) in [7, 11) is 5.59. The van der Waals surface area contributed by atoms with Gasteiger partial charge in [-0.2, -0.15) is 0 Å². The number of hydrogen-bond donors (Lipinski definition) is 0. The molecule has 1 aliphatic heterocycles. The lowest BCUT2D eigenvalue weighted by molar-refractivity contribution is 0.146. The van der Waals surface area contributed by atoms with Crippen LogP contribution in [0.15, 0.2) is 18.2 Å². The molecule has 2 rings (SSSR count). The van der Waals surface area contributed by atoms with Crippen LogP contribution in [0.1, 0.15) is 5.56 Å². The highest BCUT2D eigenvalue weighted by Crippen LogP contribution is 2.29. The van der Waals surface area contributed by atoms with E-state index in [0.29, 0.717) is 0 Å². The van der Waals surface area contributed by atoms with Crippen LogP contribution in [-0.2, 0) is 6.54 Å². The molecule has 1 fully saturated rings. The van der Waals surface area contributed by atoms with Gasteiger partial charge in [-0.1, -0.05) is 6.07 Å². The summed E-state index contributed by atoms with van der Waals surface area (Å²) in [4.78, 5) is 4.80. The van der Waals surface area contributed by atoms with Gasteiger partial charge in [-0.15, -0.1) is 0 Å². The standard InChI is InChI=1S/C14H22N2O2/c1-15-7-9-16(10-8-15)11-12-13(17-2)5-4-6-14(12)18-3/h4-6H,7-11H2,1-3H3. The van der Waals surface area contributed by atoms with Crippen LogP contribution in [0.4, 0.5) is 0 Å². The van der Waals surface area contributed by atoms with Gasteiger partial charge >= 0.3 is 0 Å². The zero-order chi connectivity index (χ0) is 13.0. The fraction of sp³-hybridized carbons (Fsp3) is 0.571. The second kappa shape index (κ2) is 6.07. The predicted octanol–water partition coefficient (Wildman–Crippen LogP) is 1.45. The first-order valence-corrected chi connectivity index (χ1v) is 6.35. The van der Waals surface area contributed by atoms with Crippen LogP contribution in [0, 0.1) is 0 Å². The molecule has 1 aromatic carbocycles. The molecule has 0 spiro atoms. The Labute approximate surface area is 109 Å². The summed E-state index contributed by atoms with van der Waals surface area (Å²) in [5.74, 6) is 1.82. The van der Waals surface area contributed by atoms with Gasteiger partial charge in [0, 0.05) is 32.7 Å². The van der Waals surface area contributed by atoms with Crippen molar-refractivity contribution in [2.24, 2.45) is 0 Å². The Hall–Kier alpha value is -1.26. The van der Waals surface area contributed by atoms with Crippen molar-refractivity contribution in [3.8, 4) is 11.5 Å².